The molecule has 11 atom stereocenters. The summed E-state index contributed by atoms with van der Waals surface area (Å²) in [6, 6.07) is 0. The molecule has 4 N–H and O–H groups in total. The number of aromatic nitrogens is 2. The molecule has 0 bridgehead atoms. The molecule has 4 fully saturated rings. The molecule has 4 aliphatic rings. The van der Waals surface area contributed by atoms with Crippen molar-refractivity contribution in [3.63, 3.8) is 0 Å². The van der Waals surface area contributed by atoms with Gasteiger partial charge in [-0.1, -0.05) is 46.0 Å². The Kier molecular flexibility index (Phi) is 8.02. The molecule has 7 nitrogen and oxygen atoms in total. The van der Waals surface area contributed by atoms with Gasteiger partial charge in [-0.05, 0) is 104 Å². The van der Waals surface area contributed by atoms with Crippen LogP contribution in [0.25, 0.3) is 0 Å². The van der Waals surface area contributed by atoms with Crippen LogP contribution in [0.1, 0.15) is 97.4 Å². The molecule has 0 radical (unpaired) electrons. The maximum Gasteiger partial charge on any atom is 0.226 e. The van der Waals surface area contributed by atoms with Gasteiger partial charge in [0.2, 0.25) is 11.0 Å². The summed E-state index contributed by atoms with van der Waals surface area (Å²) in [5.41, 5.74) is -0.145. The summed E-state index contributed by atoms with van der Waals surface area (Å²) in [6.07, 6.45) is 7.30. The topological polar surface area (TPSA) is 116 Å². The zero-order chi connectivity index (χ0) is 27.4. The van der Waals surface area contributed by atoms with Gasteiger partial charge in [0.15, 0.2) is 0 Å². The largest absolute Gasteiger partial charge is 0.393 e. The molecule has 1 heterocycles. The van der Waals surface area contributed by atoms with Crippen molar-refractivity contribution >= 4 is 22.4 Å². The normalized spacial score (nSPS) is 43.3. The molecule has 8 heteroatoms. The Bertz CT molecular complexity index is 1000. The number of hydrogen-bond acceptors (Lipinski definition) is 7. The van der Waals surface area contributed by atoms with Gasteiger partial charge in [0.1, 0.15) is 5.01 Å². The lowest BCUT2D eigenvalue weighted by atomic mass is 9.43. The van der Waals surface area contributed by atoms with Crippen molar-refractivity contribution in [2.75, 3.05) is 5.32 Å². The number of nitrogens with one attached hydrogen (secondary N) is 1. The van der Waals surface area contributed by atoms with Gasteiger partial charge in [-0.15, -0.1) is 10.2 Å². The number of rotatable bonds is 7. The molecule has 0 unspecified atom stereocenters. The maximum atomic E-state index is 12.7. The number of carbonyl (C=O) groups is 1. The molecule has 214 valence electrons. The Balaban J connectivity index is 1.24. The van der Waals surface area contributed by atoms with E-state index in [9.17, 15) is 20.1 Å². The van der Waals surface area contributed by atoms with Crippen LogP contribution in [0, 0.1) is 52.3 Å². The second-order valence-corrected chi connectivity index (χ2v) is 15.3. The lowest BCUT2D eigenvalue weighted by molar-refractivity contribution is -0.207. The standard InChI is InChI=1S/C30H49N3O4S/c1-16(2)12-26-32-33-28(38-26)31-25(37)9-6-17(3)20-7-8-21-27-22(15-24(36)30(20,21)5)29(4)11-10-19(34)13-18(29)14-23(27)35/h16-24,27,34-36H,6-15H2,1-5H3,(H,31,33,37)/t17-,18+,19-,20-,21+,22+,23-,24+,27+,29+,30-/m1/s1. The molecule has 0 aliphatic heterocycles. The van der Waals surface area contributed by atoms with E-state index in [-0.39, 0.29) is 34.9 Å². The highest BCUT2D eigenvalue weighted by molar-refractivity contribution is 7.15. The molecule has 4 aliphatic carbocycles. The van der Waals surface area contributed by atoms with Crippen molar-refractivity contribution in [2.45, 2.75) is 117 Å². The van der Waals surface area contributed by atoms with Gasteiger partial charge >= 0.3 is 0 Å². The molecule has 0 aromatic carbocycles. The summed E-state index contributed by atoms with van der Waals surface area (Å²) in [4.78, 5) is 12.7. The SMILES string of the molecule is CC(C)Cc1nnc(NC(=O)CC[C@@H](C)[C@H]2CC[C@H]3[C@@H]4[C@H](O)C[C@@H]5C[C@H](O)CC[C@]5(C)[C@H]4C[C@H](O)[C@]23C)s1. The first kappa shape index (κ1) is 28.4. The number of amides is 1. The van der Waals surface area contributed by atoms with E-state index in [2.05, 4.69) is 50.1 Å². The van der Waals surface area contributed by atoms with Gasteiger partial charge in [0.05, 0.1) is 18.3 Å². The summed E-state index contributed by atoms with van der Waals surface area (Å²) in [5.74, 6) is 2.30. The average Bonchev–Trinajstić information content (AvgIpc) is 3.43. The van der Waals surface area contributed by atoms with Crippen molar-refractivity contribution in [3.05, 3.63) is 5.01 Å². The van der Waals surface area contributed by atoms with Gasteiger partial charge in [-0.25, -0.2) is 0 Å². The zero-order valence-electron chi connectivity index (χ0n) is 23.9. The number of carbonyl (C=O) groups excluding carboxylic acids is 1. The van der Waals surface area contributed by atoms with Crippen LogP contribution < -0.4 is 5.32 Å². The number of hydrogen-bond donors (Lipinski definition) is 4. The van der Waals surface area contributed by atoms with Gasteiger partial charge in [-0.3, -0.25) is 4.79 Å². The highest BCUT2D eigenvalue weighted by Gasteiger charge is 2.65. The van der Waals surface area contributed by atoms with Crippen LogP contribution in [-0.2, 0) is 11.2 Å². The van der Waals surface area contributed by atoms with Crippen LogP contribution >= 0.6 is 11.3 Å². The quantitative estimate of drug-likeness (QED) is 0.380. The predicted molar refractivity (Wildman–Crippen MR) is 149 cm³/mol. The maximum absolute atomic E-state index is 12.7. The lowest BCUT2D eigenvalue weighted by Gasteiger charge is -2.63. The van der Waals surface area contributed by atoms with Crippen molar-refractivity contribution in [1.82, 2.24) is 10.2 Å². The minimum atomic E-state index is -0.395. The van der Waals surface area contributed by atoms with Gasteiger partial charge in [0, 0.05) is 12.8 Å². The Morgan fingerprint density at radius 1 is 1.05 bits per heavy atom. The Labute approximate surface area is 232 Å². The molecule has 5 rings (SSSR count). The Hall–Kier alpha value is -1.09. The molecule has 1 amide bonds. The molecule has 0 spiro atoms. The fourth-order valence-corrected chi connectivity index (χ4v) is 10.6. The van der Waals surface area contributed by atoms with Gasteiger partial charge in [-0.2, -0.15) is 0 Å². The van der Waals surface area contributed by atoms with Crippen LogP contribution in [0.15, 0.2) is 0 Å². The summed E-state index contributed by atoms with van der Waals surface area (Å²) in [7, 11) is 0. The van der Waals surface area contributed by atoms with E-state index in [1.165, 1.54) is 11.3 Å². The first-order valence-electron chi connectivity index (χ1n) is 15.1. The van der Waals surface area contributed by atoms with E-state index in [0.717, 1.165) is 62.8 Å². The van der Waals surface area contributed by atoms with Crippen LogP contribution in [0.4, 0.5) is 5.13 Å². The Morgan fingerprint density at radius 2 is 1.82 bits per heavy atom. The molecule has 1 aromatic heterocycles. The number of nitrogens with zero attached hydrogens (tertiary/aromatic N) is 2. The van der Waals surface area contributed by atoms with Crippen molar-refractivity contribution in [1.29, 1.82) is 0 Å². The van der Waals surface area contributed by atoms with Gasteiger partial charge < -0.3 is 20.6 Å². The second-order valence-electron chi connectivity index (χ2n) is 14.2. The van der Waals surface area contributed by atoms with E-state index < -0.39 is 6.10 Å². The van der Waals surface area contributed by atoms with Gasteiger partial charge in [0.25, 0.3) is 0 Å². The minimum absolute atomic E-state index is 0.0193. The second kappa shape index (κ2) is 10.7. The van der Waals surface area contributed by atoms with Crippen molar-refractivity contribution in [3.8, 4) is 0 Å². The third kappa shape index (κ3) is 4.97. The van der Waals surface area contributed by atoms with E-state index >= 15 is 0 Å². The fraction of sp³-hybridized carbons (Fsp3) is 0.900. The van der Waals surface area contributed by atoms with E-state index in [1.807, 2.05) is 0 Å². The van der Waals surface area contributed by atoms with Crippen molar-refractivity contribution < 1.29 is 20.1 Å². The highest BCUT2D eigenvalue weighted by Crippen LogP contribution is 2.68. The summed E-state index contributed by atoms with van der Waals surface area (Å²) in [6.45, 7) is 11.2. The number of fused-ring (bicyclic) bond motifs is 5. The minimum Gasteiger partial charge on any atom is -0.393 e. The summed E-state index contributed by atoms with van der Waals surface area (Å²) < 4.78 is 0. The van der Waals surface area contributed by atoms with E-state index in [0.29, 0.717) is 47.1 Å². The van der Waals surface area contributed by atoms with Crippen LogP contribution in [0.5, 0.6) is 0 Å². The smallest absolute Gasteiger partial charge is 0.226 e. The first-order valence-corrected chi connectivity index (χ1v) is 15.9. The Morgan fingerprint density at radius 3 is 2.55 bits per heavy atom. The van der Waals surface area contributed by atoms with Crippen LogP contribution in [-0.4, -0.2) is 49.7 Å². The monoisotopic (exact) mass is 547 g/mol. The lowest BCUT2D eigenvalue weighted by Crippen LogP contribution is -2.62. The molecule has 38 heavy (non-hydrogen) atoms. The third-order valence-electron chi connectivity index (χ3n) is 11.6. The summed E-state index contributed by atoms with van der Waals surface area (Å²) in [5, 5.41) is 46.3. The number of aliphatic hydroxyl groups is 3. The van der Waals surface area contributed by atoms with Crippen LogP contribution in [0.2, 0.25) is 0 Å². The molecule has 0 saturated heterocycles. The average molecular weight is 548 g/mol. The predicted octanol–water partition coefficient (Wildman–Crippen LogP) is 5.05. The number of anilines is 1. The molecule has 4 saturated carbocycles. The molecular weight excluding hydrogens is 498 g/mol. The highest BCUT2D eigenvalue weighted by atomic mass is 32.1. The fourth-order valence-electron chi connectivity index (χ4n) is 9.61. The third-order valence-corrected chi connectivity index (χ3v) is 12.5. The van der Waals surface area contributed by atoms with E-state index in [1.54, 1.807) is 0 Å². The number of aliphatic hydroxyl groups excluding tert-OH is 3. The first-order chi connectivity index (χ1) is 17.9. The molecule has 1 aromatic rings. The molecular formula is C30H49N3O4S. The van der Waals surface area contributed by atoms with Crippen molar-refractivity contribution in [2.24, 2.45) is 52.3 Å². The van der Waals surface area contributed by atoms with E-state index in [4.69, 9.17) is 0 Å². The zero-order valence-corrected chi connectivity index (χ0v) is 24.7. The van der Waals surface area contributed by atoms with Crippen LogP contribution in [0.3, 0.4) is 0 Å². The summed E-state index contributed by atoms with van der Waals surface area (Å²) >= 11 is 1.46.